The van der Waals surface area contributed by atoms with E-state index in [4.69, 9.17) is 4.42 Å². The normalized spacial score (nSPS) is 11.2. The Balaban J connectivity index is 1.53. The molecule has 0 radical (unpaired) electrons. The van der Waals surface area contributed by atoms with Crippen molar-refractivity contribution in [3.05, 3.63) is 92.1 Å². The van der Waals surface area contributed by atoms with Crippen molar-refractivity contribution >= 4 is 56.1 Å². The van der Waals surface area contributed by atoms with E-state index in [1.165, 1.54) is 18.3 Å². The molecule has 4 aromatic rings. The van der Waals surface area contributed by atoms with Crippen LogP contribution in [0.2, 0.25) is 0 Å². The number of nitrogens with zero attached hydrogens (tertiary/aromatic N) is 2. The molecule has 0 saturated carbocycles. The second-order valence-corrected chi connectivity index (χ2v) is 7.84. The van der Waals surface area contributed by atoms with E-state index in [2.05, 4.69) is 26.2 Å². The maximum Gasteiger partial charge on any atom is 0.291 e. The van der Waals surface area contributed by atoms with Crippen LogP contribution < -0.4 is 5.32 Å². The van der Waals surface area contributed by atoms with Gasteiger partial charge in [-0.15, -0.1) is 0 Å². The third kappa shape index (κ3) is 4.37. The minimum absolute atomic E-state index is 0.147. The van der Waals surface area contributed by atoms with Gasteiger partial charge in [0.05, 0.1) is 15.1 Å². The molecule has 1 amide bonds. The fourth-order valence-corrected chi connectivity index (χ4v) is 3.56. The molecule has 9 heteroatoms. The molecular weight excluding hydrogens is 478 g/mol. The lowest BCUT2D eigenvalue weighted by atomic mass is 10.1. The van der Waals surface area contributed by atoms with Crippen molar-refractivity contribution in [2.24, 2.45) is 4.99 Å². The number of anilines is 1. The van der Waals surface area contributed by atoms with Gasteiger partial charge in [-0.05, 0) is 58.7 Å². The smallest absolute Gasteiger partial charge is 0.291 e. The molecular formula is C23H16BrN3O5. The lowest BCUT2D eigenvalue weighted by molar-refractivity contribution is -0.385. The standard InChI is InChI=1S/C23H16BrN3O5/c1-13-8-16(25-12-15-9-17(27(30)31)11-18(24)22(15)28)6-7-19(13)26-23(29)21-10-14-4-2-3-5-20(14)32-21/h2-12,28H,1H3,(H,26,29). The molecule has 1 aromatic heterocycles. The molecule has 0 aliphatic heterocycles. The highest BCUT2D eigenvalue weighted by molar-refractivity contribution is 9.10. The van der Waals surface area contributed by atoms with E-state index in [0.29, 0.717) is 17.0 Å². The Bertz CT molecular complexity index is 1360. The number of para-hydroxylation sites is 1. The van der Waals surface area contributed by atoms with Gasteiger partial charge in [0.15, 0.2) is 5.76 Å². The lowest BCUT2D eigenvalue weighted by Crippen LogP contribution is -2.11. The van der Waals surface area contributed by atoms with E-state index in [-0.39, 0.29) is 33.1 Å². The zero-order valence-corrected chi connectivity index (χ0v) is 18.3. The molecule has 0 spiro atoms. The van der Waals surface area contributed by atoms with Crippen LogP contribution in [0.4, 0.5) is 17.1 Å². The van der Waals surface area contributed by atoms with Gasteiger partial charge in [0, 0.05) is 35.0 Å². The largest absolute Gasteiger partial charge is 0.506 e. The van der Waals surface area contributed by atoms with Crippen LogP contribution >= 0.6 is 15.9 Å². The number of nitro groups is 1. The van der Waals surface area contributed by atoms with Crippen LogP contribution in [0.15, 0.2) is 74.5 Å². The first kappa shape index (κ1) is 21.3. The van der Waals surface area contributed by atoms with Gasteiger partial charge in [-0.25, -0.2) is 0 Å². The molecule has 0 unspecified atom stereocenters. The topological polar surface area (TPSA) is 118 Å². The summed E-state index contributed by atoms with van der Waals surface area (Å²) in [6.07, 6.45) is 1.34. The summed E-state index contributed by atoms with van der Waals surface area (Å²) < 4.78 is 5.79. The summed E-state index contributed by atoms with van der Waals surface area (Å²) in [6, 6.07) is 16.6. The van der Waals surface area contributed by atoms with Crippen molar-refractivity contribution in [3.63, 3.8) is 0 Å². The summed E-state index contributed by atoms with van der Waals surface area (Å²) in [4.78, 5) is 27.3. The molecule has 160 valence electrons. The van der Waals surface area contributed by atoms with Crippen LogP contribution in [0, 0.1) is 17.0 Å². The van der Waals surface area contributed by atoms with E-state index >= 15 is 0 Å². The monoisotopic (exact) mass is 493 g/mol. The molecule has 0 saturated heterocycles. The predicted octanol–water partition coefficient (Wildman–Crippen LogP) is 6.12. The molecule has 2 N–H and O–H groups in total. The maximum absolute atomic E-state index is 12.6. The number of fused-ring (bicyclic) bond motifs is 1. The number of carbonyl (C=O) groups is 1. The quantitative estimate of drug-likeness (QED) is 0.197. The SMILES string of the molecule is Cc1cc(N=Cc2cc([N+](=O)[O-])cc(Br)c2O)ccc1NC(=O)c1cc2ccccc2o1. The maximum atomic E-state index is 12.6. The van der Waals surface area contributed by atoms with Crippen molar-refractivity contribution in [2.45, 2.75) is 6.92 Å². The summed E-state index contributed by atoms with van der Waals surface area (Å²) in [6.45, 7) is 1.81. The molecule has 0 atom stereocenters. The number of non-ortho nitro benzene ring substituents is 1. The average molecular weight is 494 g/mol. The van der Waals surface area contributed by atoms with Crippen molar-refractivity contribution in [3.8, 4) is 5.75 Å². The van der Waals surface area contributed by atoms with Crippen LogP contribution in [-0.4, -0.2) is 22.2 Å². The number of nitro benzene ring substituents is 1. The number of hydrogen-bond acceptors (Lipinski definition) is 6. The molecule has 4 rings (SSSR count). The summed E-state index contributed by atoms with van der Waals surface area (Å²) in [5, 5.41) is 24.8. The zero-order valence-electron chi connectivity index (χ0n) is 16.7. The number of phenolic OH excluding ortho intramolecular Hbond substituents is 1. The highest BCUT2D eigenvalue weighted by atomic mass is 79.9. The van der Waals surface area contributed by atoms with Gasteiger partial charge in [-0.1, -0.05) is 18.2 Å². The van der Waals surface area contributed by atoms with Gasteiger partial charge < -0.3 is 14.8 Å². The summed E-state index contributed by atoms with van der Waals surface area (Å²) in [7, 11) is 0. The van der Waals surface area contributed by atoms with Crippen LogP contribution in [0.1, 0.15) is 21.7 Å². The molecule has 32 heavy (non-hydrogen) atoms. The minimum atomic E-state index is -0.550. The number of aromatic hydroxyl groups is 1. The second kappa shape index (κ2) is 8.64. The van der Waals surface area contributed by atoms with Gasteiger partial charge in [-0.2, -0.15) is 0 Å². The number of halogens is 1. The summed E-state index contributed by atoms with van der Waals surface area (Å²) >= 11 is 3.10. The van der Waals surface area contributed by atoms with Crippen molar-refractivity contribution in [1.82, 2.24) is 0 Å². The summed E-state index contributed by atoms with van der Waals surface area (Å²) in [5.74, 6) is -0.308. The highest BCUT2D eigenvalue weighted by Gasteiger charge is 2.15. The Morgan fingerprint density at radius 2 is 1.97 bits per heavy atom. The first-order chi connectivity index (χ1) is 15.3. The number of furan rings is 1. The average Bonchev–Trinajstić information content (AvgIpc) is 3.20. The molecule has 0 fully saturated rings. The van der Waals surface area contributed by atoms with Gasteiger partial charge in [0.2, 0.25) is 0 Å². The Hall–Kier alpha value is -3.98. The predicted molar refractivity (Wildman–Crippen MR) is 125 cm³/mol. The molecule has 0 aliphatic carbocycles. The highest BCUT2D eigenvalue weighted by Crippen LogP contribution is 2.32. The van der Waals surface area contributed by atoms with E-state index in [0.717, 1.165) is 10.9 Å². The number of rotatable bonds is 5. The number of aliphatic imine (C=N–C) groups is 1. The molecule has 1 heterocycles. The van der Waals surface area contributed by atoms with Gasteiger partial charge in [-0.3, -0.25) is 19.9 Å². The van der Waals surface area contributed by atoms with E-state index in [1.54, 1.807) is 30.3 Å². The van der Waals surface area contributed by atoms with Crippen molar-refractivity contribution in [1.29, 1.82) is 0 Å². The number of hydrogen-bond donors (Lipinski definition) is 2. The first-order valence-electron chi connectivity index (χ1n) is 9.43. The Morgan fingerprint density at radius 1 is 1.19 bits per heavy atom. The zero-order chi connectivity index (χ0) is 22.8. The Kier molecular flexibility index (Phi) is 5.74. The van der Waals surface area contributed by atoms with Crippen LogP contribution in [0.3, 0.4) is 0 Å². The number of phenols is 1. The molecule has 8 nitrogen and oxygen atoms in total. The van der Waals surface area contributed by atoms with Gasteiger partial charge in [0.25, 0.3) is 11.6 Å². The lowest BCUT2D eigenvalue weighted by Gasteiger charge is -2.08. The fourth-order valence-electron chi connectivity index (χ4n) is 3.10. The van der Waals surface area contributed by atoms with Crippen LogP contribution in [0.25, 0.3) is 11.0 Å². The first-order valence-corrected chi connectivity index (χ1v) is 10.2. The number of benzene rings is 3. The van der Waals surface area contributed by atoms with Crippen molar-refractivity contribution < 1.29 is 19.2 Å². The van der Waals surface area contributed by atoms with Crippen LogP contribution in [0.5, 0.6) is 5.75 Å². The van der Waals surface area contributed by atoms with Crippen molar-refractivity contribution in [2.75, 3.05) is 5.32 Å². The van der Waals surface area contributed by atoms with E-state index < -0.39 is 4.92 Å². The van der Waals surface area contributed by atoms with E-state index in [9.17, 15) is 20.0 Å². The number of nitrogens with one attached hydrogen (secondary N) is 1. The Morgan fingerprint density at radius 3 is 2.69 bits per heavy atom. The third-order valence-corrected chi connectivity index (χ3v) is 5.35. The fraction of sp³-hybridized carbons (Fsp3) is 0.0435. The number of carbonyl (C=O) groups excluding carboxylic acids is 1. The van der Waals surface area contributed by atoms with Crippen LogP contribution in [-0.2, 0) is 0 Å². The number of amides is 1. The minimum Gasteiger partial charge on any atom is -0.506 e. The van der Waals surface area contributed by atoms with Gasteiger partial charge in [0.1, 0.15) is 11.3 Å². The summed E-state index contributed by atoms with van der Waals surface area (Å²) in [5.41, 5.74) is 2.56. The van der Waals surface area contributed by atoms with Gasteiger partial charge >= 0.3 is 0 Å². The number of aryl methyl sites for hydroxylation is 1. The third-order valence-electron chi connectivity index (χ3n) is 4.75. The second-order valence-electron chi connectivity index (χ2n) is 6.98. The molecule has 0 aliphatic rings. The van der Waals surface area contributed by atoms with E-state index in [1.807, 2.05) is 25.1 Å². The Labute approximate surface area is 190 Å². The molecule has 0 bridgehead atoms. The molecule has 3 aromatic carbocycles.